The van der Waals surface area contributed by atoms with Crippen molar-refractivity contribution < 1.29 is 9.59 Å². The first-order valence-corrected chi connectivity index (χ1v) is 7.00. The molecule has 20 heavy (non-hydrogen) atoms. The average molecular weight is 275 g/mol. The maximum Gasteiger partial charge on any atom is 0.254 e. The fraction of sp³-hybridized carbons (Fsp3) is 0.467. The SMILES string of the molecule is CCNC(=O)C1CNCCN1C(=O)c1ccccc1C. The minimum absolute atomic E-state index is 0.0687. The highest BCUT2D eigenvalue weighted by atomic mass is 16.2. The third-order valence-electron chi connectivity index (χ3n) is 3.53. The van der Waals surface area contributed by atoms with Crippen LogP contribution in [0, 0.1) is 6.92 Å². The molecule has 0 aliphatic carbocycles. The van der Waals surface area contributed by atoms with E-state index >= 15 is 0 Å². The minimum Gasteiger partial charge on any atom is -0.355 e. The molecule has 0 spiro atoms. The van der Waals surface area contributed by atoms with Gasteiger partial charge in [0.25, 0.3) is 5.91 Å². The van der Waals surface area contributed by atoms with E-state index in [1.54, 1.807) is 4.90 Å². The van der Waals surface area contributed by atoms with Crippen molar-refractivity contribution in [1.29, 1.82) is 0 Å². The molecule has 0 aromatic heterocycles. The van der Waals surface area contributed by atoms with Crippen molar-refractivity contribution in [2.45, 2.75) is 19.9 Å². The molecule has 5 nitrogen and oxygen atoms in total. The third kappa shape index (κ3) is 2.99. The Morgan fingerprint density at radius 2 is 2.15 bits per heavy atom. The summed E-state index contributed by atoms with van der Waals surface area (Å²) < 4.78 is 0. The second-order valence-electron chi connectivity index (χ2n) is 4.93. The molecular formula is C15H21N3O2. The second kappa shape index (κ2) is 6.52. The molecule has 1 aliphatic heterocycles. The molecule has 5 heteroatoms. The number of aryl methyl sites for hydroxylation is 1. The fourth-order valence-electron chi connectivity index (χ4n) is 2.44. The van der Waals surface area contributed by atoms with Crippen LogP contribution in [0.5, 0.6) is 0 Å². The summed E-state index contributed by atoms with van der Waals surface area (Å²) in [4.78, 5) is 26.4. The highest BCUT2D eigenvalue weighted by Crippen LogP contribution is 2.14. The highest BCUT2D eigenvalue weighted by Gasteiger charge is 2.32. The lowest BCUT2D eigenvalue weighted by Gasteiger charge is -2.35. The summed E-state index contributed by atoms with van der Waals surface area (Å²) in [5, 5.41) is 5.96. The van der Waals surface area contributed by atoms with Gasteiger partial charge in [-0.1, -0.05) is 18.2 Å². The van der Waals surface area contributed by atoms with Gasteiger partial charge in [0.2, 0.25) is 5.91 Å². The van der Waals surface area contributed by atoms with Gasteiger partial charge >= 0.3 is 0 Å². The van der Waals surface area contributed by atoms with Crippen LogP contribution in [-0.2, 0) is 4.79 Å². The molecule has 1 heterocycles. The van der Waals surface area contributed by atoms with Crippen molar-refractivity contribution in [1.82, 2.24) is 15.5 Å². The molecule has 2 amide bonds. The zero-order chi connectivity index (χ0) is 14.5. The summed E-state index contributed by atoms with van der Waals surface area (Å²) >= 11 is 0. The molecule has 1 atom stereocenters. The molecule has 1 aliphatic rings. The summed E-state index contributed by atoms with van der Waals surface area (Å²) in [5.41, 5.74) is 1.61. The molecule has 0 radical (unpaired) electrons. The van der Waals surface area contributed by atoms with Crippen LogP contribution in [-0.4, -0.2) is 48.9 Å². The number of carbonyl (C=O) groups excluding carboxylic acids is 2. The maximum atomic E-state index is 12.7. The van der Waals surface area contributed by atoms with Crippen molar-refractivity contribution in [2.24, 2.45) is 0 Å². The van der Waals surface area contributed by atoms with Gasteiger partial charge in [-0.25, -0.2) is 0 Å². The molecule has 108 valence electrons. The lowest BCUT2D eigenvalue weighted by molar-refractivity contribution is -0.126. The summed E-state index contributed by atoms with van der Waals surface area (Å²) in [5.74, 6) is -0.164. The molecule has 1 saturated heterocycles. The zero-order valence-electron chi connectivity index (χ0n) is 12.0. The van der Waals surface area contributed by atoms with E-state index in [-0.39, 0.29) is 11.8 Å². The minimum atomic E-state index is -0.434. The first-order chi connectivity index (χ1) is 9.65. The number of benzene rings is 1. The summed E-state index contributed by atoms with van der Waals surface area (Å²) in [7, 11) is 0. The van der Waals surface area contributed by atoms with Gasteiger partial charge in [-0.3, -0.25) is 9.59 Å². The number of nitrogens with one attached hydrogen (secondary N) is 2. The average Bonchev–Trinajstić information content (AvgIpc) is 2.47. The number of nitrogens with zero attached hydrogens (tertiary/aromatic N) is 1. The van der Waals surface area contributed by atoms with Gasteiger partial charge in [-0.15, -0.1) is 0 Å². The molecular weight excluding hydrogens is 254 g/mol. The van der Waals surface area contributed by atoms with Gasteiger partial charge < -0.3 is 15.5 Å². The Labute approximate surface area is 119 Å². The van der Waals surface area contributed by atoms with E-state index in [0.717, 1.165) is 5.56 Å². The van der Waals surface area contributed by atoms with Crippen molar-refractivity contribution in [2.75, 3.05) is 26.2 Å². The quantitative estimate of drug-likeness (QED) is 0.846. The van der Waals surface area contributed by atoms with Crippen molar-refractivity contribution in [3.8, 4) is 0 Å². The van der Waals surface area contributed by atoms with Gasteiger partial charge in [0, 0.05) is 31.7 Å². The molecule has 1 aromatic carbocycles. The number of likely N-dealkylation sites (N-methyl/N-ethyl adjacent to an activating group) is 1. The van der Waals surface area contributed by atoms with Crippen LogP contribution in [0.15, 0.2) is 24.3 Å². The first-order valence-electron chi connectivity index (χ1n) is 7.00. The molecule has 2 N–H and O–H groups in total. The number of amides is 2. The Morgan fingerprint density at radius 1 is 1.40 bits per heavy atom. The van der Waals surface area contributed by atoms with Crippen LogP contribution in [0.2, 0.25) is 0 Å². The van der Waals surface area contributed by atoms with Gasteiger partial charge in [0.1, 0.15) is 6.04 Å². The molecule has 1 aromatic rings. The Balaban J connectivity index is 2.22. The lowest BCUT2D eigenvalue weighted by Crippen LogP contribution is -2.59. The Hall–Kier alpha value is -1.88. The van der Waals surface area contributed by atoms with Crippen LogP contribution in [0.4, 0.5) is 0 Å². The molecule has 2 rings (SSSR count). The normalized spacial score (nSPS) is 18.7. The van der Waals surface area contributed by atoms with Crippen LogP contribution < -0.4 is 10.6 Å². The van der Waals surface area contributed by atoms with E-state index in [9.17, 15) is 9.59 Å². The van der Waals surface area contributed by atoms with Crippen LogP contribution in [0.3, 0.4) is 0 Å². The predicted molar refractivity (Wildman–Crippen MR) is 77.6 cm³/mol. The van der Waals surface area contributed by atoms with Gasteiger partial charge in [-0.2, -0.15) is 0 Å². The van der Waals surface area contributed by atoms with Gasteiger partial charge in [0.05, 0.1) is 0 Å². The molecule has 0 bridgehead atoms. The Kier molecular flexibility index (Phi) is 4.74. The number of carbonyl (C=O) groups is 2. The summed E-state index contributed by atoms with van der Waals surface area (Å²) in [6, 6.07) is 7.05. The number of piperazine rings is 1. The van der Waals surface area contributed by atoms with E-state index in [0.29, 0.717) is 31.7 Å². The van der Waals surface area contributed by atoms with E-state index in [2.05, 4.69) is 10.6 Å². The number of hydrogen-bond acceptors (Lipinski definition) is 3. The van der Waals surface area contributed by atoms with Crippen molar-refractivity contribution in [3.63, 3.8) is 0 Å². The monoisotopic (exact) mass is 275 g/mol. The maximum absolute atomic E-state index is 12.7. The van der Waals surface area contributed by atoms with Crippen LogP contribution in [0.1, 0.15) is 22.8 Å². The topological polar surface area (TPSA) is 61.4 Å². The second-order valence-corrected chi connectivity index (χ2v) is 4.93. The van der Waals surface area contributed by atoms with Crippen LogP contribution >= 0.6 is 0 Å². The van der Waals surface area contributed by atoms with E-state index < -0.39 is 6.04 Å². The van der Waals surface area contributed by atoms with Crippen molar-refractivity contribution in [3.05, 3.63) is 35.4 Å². The standard InChI is InChI=1S/C15H21N3O2/c1-3-17-14(19)13-10-16-8-9-18(13)15(20)12-7-5-4-6-11(12)2/h4-7,13,16H,3,8-10H2,1-2H3,(H,17,19). The van der Waals surface area contributed by atoms with Crippen LogP contribution in [0.25, 0.3) is 0 Å². The lowest BCUT2D eigenvalue weighted by atomic mass is 10.1. The molecule has 1 unspecified atom stereocenters. The van der Waals surface area contributed by atoms with Crippen molar-refractivity contribution >= 4 is 11.8 Å². The molecule has 1 fully saturated rings. The molecule has 0 saturated carbocycles. The highest BCUT2D eigenvalue weighted by molar-refractivity contribution is 5.98. The Bertz CT molecular complexity index is 502. The van der Waals surface area contributed by atoms with Gasteiger partial charge in [-0.05, 0) is 25.5 Å². The van der Waals surface area contributed by atoms with E-state index in [1.165, 1.54) is 0 Å². The summed E-state index contributed by atoms with van der Waals surface area (Å²) in [6.45, 7) is 6.13. The van der Waals surface area contributed by atoms with E-state index in [4.69, 9.17) is 0 Å². The largest absolute Gasteiger partial charge is 0.355 e. The summed E-state index contributed by atoms with van der Waals surface area (Å²) in [6.07, 6.45) is 0. The Morgan fingerprint density at radius 3 is 2.85 bits per heavy atom. The smallest absolute Gasteiger partial charge is 0.254 e. The number of rotatable bonds is 3. The van der Waals surface area contributed by atoms with Gasteiger partial charge in [0.15, 0.2) is 0 Å². The zero-order valence-corrected chi connectivity index (χ0v) is 12.0. The third-order valence-corrected chi connectivity index (χ3v) is 3.53. The van der Waals surface area contributed by atoms with E-state index in [1.807, 2.05) is 38.1 Å². The number of hydrogen-bond donors (Lipinski definition) is 2. The first kappa shape index (κ1) is 14.5. The predicted octanol–water partition coefficient (Wildman–Crippen LogP) is 0.545. The fourth-order valence-corrected chi connectivity index (χ4v) is 2.44.